The van der Waals surface area contributed by atoms with Crippen molar-refractivity contribution >= 4 is 25.7 Å². The van der Waals surface area contributed by atoms with Gasteiger partial charge in [0.25, 0.3) is 0 Å². The van der Waals surface area contributed by atoms with E-state index in [9.17, 15) is 23.8 Å². The molecule has 0 aromatic heterocycles. The van der Waals surface area contributed by atoms with E-state index < -0.39 is 51.1 Å². The summed E-state index contributed by atoms with van der Waals surface area (Å²) >= 11 is 0. The van der Waals surface area contributed by atoms with Crippen LogP contribution in [-0.4, -0.2) is 59.9 Å². The molecule has 0 spiro atoms. The minimum Gasteiger partial charge on any atom is -0.480 e. The highest BCUT2D eigenvalue weighted by Gasteiger charge is 2.28. The van der Waals surface area contributed by atoms with Gasteiger partial charge in [0.15, 0.2) is 6.10 Å². The molecule has 0 rings (SSSR count). The number of aliphatic carboxylic acids is 1. The zero-order valence-electron chi connectivity index (χ0n) is 30.7. The fraction of sp³-hybridized carbons (Fsp3) is 0.711. The Bertz CT molecular complexity index is 1040. The standard InChI is InChI=1S/C38H66NO10P/c1-3-5-7-9-11-13-15-16-17-18-20-21-23-25-27-29-36(40)46-31-34(32-47-50(44,45)48-33-35(39)38(42)43)49-37(41)30-28-26-24-22-19-14-12-10-8-6-4-2/h5,7,11,13,16-17,20-21,34-35H,3-4,6,8-10,12,14-15,18-19,22-33,39H2,1-2H3,(H,42,43)(H,44,45)/b7-5+,13-11+,17-16+,21-20+/t34-,35+/m1/s1. The minimum atomic E-state index is -4.72. The van der Waals surface area contributed by atoms with Crippen LogP contribution >= 0.6 is 7.82 Å². The summed E-state index contributed by atoms with van der Waals surface area (Å²) in [5.74, 6) is -2.44. The molecule has 288 valence electrons. The van der Waals surface area contributed by atoms with Crippen molar-refractivity contribution in [3.05, 3.63) is 48.6 Å². The number of hydrogen-bond donors (Lipinski definition) is 3. The van der Waals surface area contributed by atoms with Gasteiger partial charge in [-0.3, -0.25) is 23.4 Å². The van der Waals surface area contributed by atoms with Gasteiger partial charge in [0.2, 0.25) is 0 Å². The van der Waals surface area contributed by atoms with Crippen molar-refractivity contribution in [2.24, 2.45) is 5.73 Å². The van der Waals surface area contributed by atoms with Gasteiger partial charge in [-0.05, 0) is 51.4 Å². The van der Waals surface area contributed by atoms with E-state index >= 15 is 0 Å². The van der Waals surface area contributed by atoms with Crippen LogP contribution in [-0.2, 0) is 37.5 Å². The number of esters is 2. The van der Waals surface area contributed by atoms with E-state index in [4.69, 9.17) is 24.8 Å². The van der Waals surface area contributed by atoms with Crippen molar-refractivity contribution in [2.45, 2.75) is 154 Å². The molecule has 0 aliphatic heterocycles. The van der Waals surface area contributed by atoms with E-state index in [1.54, 1.807) is 0 Å². The third kappa shape index (κ3) is 32.6. The van der Waals surface area contributed by atoms with E-state index in [-0.39, 0.29) is 19.4 Å². The quantitative estimate of drug-likeness (QED) is 0.0250. The summed E-state index contributed by atoms with van der Waals surface area (Å²) < 4.78 is 32.5. The highest BCUT2D eigenvalue weighted by Crippen LogP contribution is 2.43. The molecule has 0 heterocycles. The molecule has 12 heteroatoms. The number of unbranched alkanes of at least 4 members (excludes halogenated alkanes) is 12. The lowest BCUT2D eigenvalue weighted by Gasteiger charge is -2.20. The molecule has 4 N–H and O–H groups in total. The minimum absolute atomic E-state index is 0.152. The first-order valence-electron chi connectivity index (χ1n) is 18.7. The van der Waals surface area contributed by atoms with Crippen molar-refractivity contribution in [2.75, 3.05) is 19.8 Å². The lowest BCUT2D eigenvalue weighted by atomic mass is 10.1. The molecule has 0 saturated heterocycles. The molecule has 0 radical (unpaired) electrons. The maximum Gasteiger partial charge on any atom is 0.472 e. The number of allylic oxidation sites excluding steroid dienone is 8. The molecule has 50 heavy (non-hydrogen) atoms. The number of carboxylic acids is 1. The number of nitrogens with two attached hydrogens (primary N) is 1. The Balaban J connectivity index is 4.52. The van der Waals surface area contributed by atoms with Gasteiger partial charge in [0.05, 0.1) is 13.2 Å². The molecular weight excluding hydrogens is 661 g/mol. The summed E-state index contributed by atoms with van der Waals surface area (Å²) in [6, 6.07) is -1.53. The molecule has 11 nitrogen and oxygen atoms in total. The van der Waals surface area contributed by atoms with Crippen LogP contribution in [0.1, 0.15) is 142 Å². The van der Waals surface area contributed by atoms with E-state index in [1.165, 1.54) is 44.9 Å². The summed E-state index contributed by atoms with van der Waals surface area (Å²) in [7, 11) is -4.72. The summed E-state index contributed by atoms with van der Waals surface area (Å²) in [4.78, 5) is 45.7. The summed E-state index contributed by atoms with van der Waals surface area (Å²) in [6.07, 6.45) is 34.8. The van der Waals surface area contributed by atoms with Crippen LogP contribution in [0.25, 0.3) is 0 Å². The third-order valence-electron chi connectivity index (χ3n) is 7.59. The molecule has 0 aliphatic carbocycles. The Morgan fingerprint density at radius 3 is 1.68 bits per heavy atom. The Kier molecular flexibility index (Phi) is 31.9. The second-order valence-corrected chi connectivity index (χ2v) is 13.8. The zero-order chi connectivity index (χ0) is 37.1. The van der Waals surface area contributed by atoms with Gasteiger partial charge >= 0.3 is 25.7 Å². The normalized spacial score (nSPS) is 14.5. The number of carbonyl (C=O) groups is 3. The van der Waals surface area contributed by atoms with E-state index in [0.717, 1.165) is 57.8 Å². The second-order valence-electron chi connectivity index (χ2n) is 12.3. The predicted molar refractivity (Wildman–Crippen MR) is 198 cm³/mol. The zero-order valence-corrected chi connectivity index (χ0v) is 31.6. The van der Waals surface area contributed by atoms with Crippen LogP contribution < -0.4 is 5.73 Å². The maximum atomic E-state index is 12.5. The number of carboxylic acid groups (broad SMARTS) is 1. The largest absolute Gasteiger partial charge is 0.480 e. The highest BCUT2D eigenvalue weighted by molar-refractivity contribution is 7.47. The van der Waals surface area contributed by atoms with Gasteiger partial charge in [-0.15, -0.1) is 0 Å². The molecule has 1 unspecified atom stereocenters. The maximum absolute atomic E-state index is 12.5. The molecule has 0 aromatic carbocycles. The lowest BCUT2D eigenvalue weighted by Crippen LogP contribution is -2.34. The number of ether oxygens (including phenoxy) is 2. The van der Waals surface area contributed by atoms with E-state index in [0.29, 0.717) is 12.8 Å². The first kappa shape index (κ1) is 47.4. The van der Waals surface area contributed by atoms with Gasteiger partial charge < -0.3 is 25.2 Å². The average molecular weight is 728 g/mol. The topological polar surface area (TPSA) is 172 Å². The molecule has 0 bridgehead atoms. The van der Waals surface area contributed by atoms with Crippen molar-refractivity contribution in [1.29, 1.82) is 0 Å². The average Bonchev–Trinajstić information content (AvgIpc) is 3.09. The molecule has 3 atom stereocenters. The Hall–Kier alpha value is -2.56. The molecule has 0 aromatic rings. The van der Waals surface area contributed by atoms with Crippen LogP contribution in [0.5, 0.6) is 0 Å². The molecule has 0 amide bonds. The van der Waals surface area contributed by atoms with Crippen LogP contribution in [0.3, 0.4) is 0 Å². The first-order chi connectivity index (χ1) is 24.1. The predicted octanol–water partition coefficient (Wildman–Crippen LogP) is 9.05. The Morgan fingerprint density at radius 1 is 0.640 bits per heavy atom. The molecule has 0 aliphatic rings. The fourth-order valence-electron chi connectivity index (χ4n) is 4.64. The van der Waals surface area contributed by atoms with Gasteiger partial charge in [-0.1, -0.05) is 127 Å². The summed E-state index contributed by atoms with van der Waals surface area (Å²) in [5, 5.41) is 8.85. The SMILES string of the molecule is CC/C=C/C/C=C/C/C=C/C/C=C/CCCCC(=O)OC[C@H](COP(=O)(O)OC[C@H](N)C(=O)O)OC(=O)CCCCCCCCCCCCC. The van der Waals surface area contributed by atoms with Gasteiger partial charge in [-0.25, -0.2) is 4.57 Å². The smallest absolute Gasteiger partial charge is 0.472 e. The van der Waals surface area contributed by atoms with Gasteiger partial charge in [0, 0.05) is 12.8 Å². The number of rotatable bonds is 34. The Morgan fingerprint density at radius 2 is 1.12 bits per heavy atom. The van der Waals surface area contributed by atoms with Crippen molar-refractivity contribution in [3.63, 3.8) is 0 Å². The lowest BCUT2D eigenvalue weighted by molar-refractivity contribution is -0.161. The molecule has 0 saturated carbocycles. The fourth-order valence-corrected chi connectivity index (χ4v) is 5.42. The molecular formula is C38H66NO10P. The van der Waals surface area contributed by atoms with Gasteiger partial charge in [0.1, 0.15) is 12.6 Å². The summed E-state index contributed by atoms with van der Waals surface area (Å²) in [5.41, 5.74) is 5.31. The van der Waals surface area contributed by atoms with Gasteiger partial charge in [-0.2, -0.15) is 0 Å². The third-order valence-corrected chi connectivity index (χ3v) is 8.54. The first-order valence-corrected chi connectivity index (χ1v) is 20.2. The summed E-state index contributed by atoms with van der Waals surface area (Å²) in [6.45, 7) is 2.60. The van der Waals surface area contributed by atoms with Crippen LogP contribution in [0, 0.1) is 0 Å². The van der Waals surface area contributed by atoms with E-state index in [1.807, 2.05) is 0 Å². The van der Waals surface area contributed by atoms with Crippen LogP contribution in [0.4, 0.5) is 0 Å². The van der Waals surface area contributed by atoms with Crippen LogP contribution in [0.15, 0.2) is 48.6 Å². The van der Waals surface area contributed by atoms with Crippen LogP contribution in [0.2, 0.25) is 0 Å². The second kappa shape index (κ2) is 33.6. The Labute approximate surface area is 301 Å². The van der Waals surface area contributed by atoms with Crippen molar-refractivity contribution in [1.82, 2.24) is 0 Å². The monoisotopic (exact) mass is 727 g/mol. The highest BCUT2D eigenvalue weighted by atomic mass is 31.2. The number of phosphoric ester groups is 1. The van der Waals surface area contributed by atoms with Crippen molar-refractivity contribution < 1.29 is 47.5 Å². The molecule has 0 fully saturated rings. The van der Waals surface area contributed by atoms with Crippen molar-refractivity contribution in [3.8, 4) is 0 Å². The number of phosphoric acid groups is 1. The van der Waals surface area contributed by atoms with E-state index in [2.05, 4.69) is 67.0 Å². The number of hydrogen-bond acceptors (Lipinski definition) is 9. The number of carbonyl (C=O) groups excluding carboxylic acids is 2.